The number of piperidine rings is 1. The summed E-state index contributed by atoms with van der Waals surface area (Å²) in [7, 11) is 0. The van der Waals surface area contributed by atoms with Crippen molar-refractivity contribution in [3.63, 3.8) is 0 Å². The Morgan fingerprint density at radius 3 is 2.41 bits per heavy atom. The normalized spacial score (nSPS) is 24.2. The molecule has 1 aliphatic heterocycles. The number of thiocarbonyl (C=S) groups is 1. The number of benzene rings is 1. The number of hydrogen-bond donors (Lipinski definition) is 2. The quantitative estimate of drug-likeness (QED) is 0.691. The highest BCUT2D eigenvalue weighted by Gasteiger charge is 2.30. The molecule has 2 aromatic rings. The second-order valence-corrected chi connectivity index (χ2v) is 9.82. The van der Waals surface area contributed by atoms with E-state index in [-0.39, 0.29) is 0 Å². The van der Waals surface area contributed by atoms with Crippen molar-refractivity contribution in [3.05, 3.63) is 36.0 Å². The minimum Gasteiger partial charge on any atom is -0.376 e. The summed E-state index contributed by atoms with van der Waals surface area (Å²) in [6.07, 6.45) is 10.4. The zero-order chi connectivity index (χ0) is 20.4. The molecule has 29 heavy (non-hydrogen) atoms. The van der Waals surface area contributed by atoms with Gasteiger partial charge in [-0.3, -0.25) is 0 Å². The van der Waals surface area contributed by atoms with Crippen molar-refractivity contribution in [3.8, 4) is 0 Å². The number of para-hydroxylation sites is 1. The molecule has 0 bridgehead atoms. The summed E-state index contributed by atoms with van der Waals surface area (Å²) >= 11 is 5.00. The number of nitrogens with two attached hydrogens (primary N) is 1. The van der Waals surface area contributed by atoms with E-state index in [9.17, 15) is 0 Å². The first kappa shape index (κ1) is 20.7. The van der Waals surface area contributed by atoms with Crippen molar-refractivity contribution in [2.24, 2.45) is 17.6 Å². The van der Waals surface area contributed by atoms with Crippen molar-refractivity contribution in [2.75, 3.05) is 13.1 Å². The van der Waals surface area contributed by atoms with Crippen LogP contribution in [0.5, 0.6) is 0 Å². The number of likely N-dealkylation sites (tertiary alicyclic amines) is 1. The maximum absolute atomic E-state index is 5.65. The van der Waals surface area contributed by atoms with Crippen molar-refractivity contribution in [1.82, 2.24) is 14.8 Å². The average Bonchev–Trinajstić information content (AvgIpc) is 3.11. The Labute approximate surface area is 180 Å². The Bertz CT molecular complexity index is 827. The van der Waals surface area contributed by atoms with Crippen molar-refractivity contribution in [1.29, 1.82) is 0 Å². The van der Waals surface area contributed by atoms with Crippen LogP contribution in [-0.4, -0.2) is 33.7 Å². The van der Waals surface area contributed by atoms with Gasteiger partial charge in [-0.05, 0) is 74.2 Å². The van der Waals surface area contributed by atoms with Crippen LogP contribution in [0.15, 0.2) is 30.5 Å². The minimum atomic E-state index is 0.363. The van der Waals surface area contributed by atoms with Crippen LogP contribution in [0.1, 0.15) is 64.0 Å². The molecule has 1 aromatic carbocycles. The zero-order valence-electron chi connectivity index (χ0n) is 17.9. The van der Waals surface area contributed by atoms with Crippen LogP contribution in [-0.2, 0) is 6.54 Å². The molecule has 0 spiro atoms. The second kappa shape index (κ2) is 9.05. The lowest BCUT2D eigenvalue weighted by Crippen LogP contribution is -2.43. The van der Waals surface area contributed by atoms with Crippen LogP contribution in [0, 0.1) is 11.8 Å². The van der Waals surface area contributed by atoms with Crippen molar-refractivity contribution < 1.29 is 0 Å². The van der Waals surface area contributed by atoms with E-state index in [1.807, 2.05) is 0 Å². The molecule has 0 radical (unpaired) electrons. The van der Waals surface area contributed by atoms with E-state index in [1.165, 1.54) is 68.1 Å². The highest BCUT2D eigenvalue weighted by Crippen LogP contribution is 2.35. The Hall–Kier alpha value is -1.59. The number of nitrogens with one attached hydrogen (secondary N) is 1. The van der Waals surface area contributed by atoms with Gasteiger partial charge in [-0.15, -0.1) is 0 Å². The first-order valence-corrected chi connectivity index (χ1v) is 11.8. The van der Waals surface area contributed by atoms with Gasteiger partial charge < -0.3 is 20.5 Å². The van der Waals surface area contributed by atoms with Gasteiger partial charge in [-0.1, -0.05) is 32.0 Å². The molecular weight excluding hydrogens is 376 g/mol. The zero-order valence-corrected chi connectivity index (χ0v) is 18.8. The standard InChI is InChI=1S/C24H36N4S/c1-17(2)18-7-9-20(10-8-18)27-13-11-21(12-14-27)28-16-19(15-26-24(25)29)22-5-3-4-6-23(22)28/h3-6,16-18,20-21H,7-15H2,1-2H3,(H3,25,26,29)/t18-,20+. The largest absolute Gasteiger partial charge is 0.376 e. The number of nitrogens with zero attached hydrogens (tertiary/aromatic N) is 2. The van der Waals surface area contributed by atoms with Gasteiger partial charge in [0, 0.05) is 48.8 Å². The average molecular weight is 413 g/mol. The van der Waals surface area contributed by atoms with Crippen LogP contribution in [0.4, 0.5) is 0 Å². The van der Waals surface area contributed by atoms with Gasteiger partial charge in [0.1, 0.15) is 0 Å². The van der Waals surface area contributed by atoms with Crippen molar-refractivity contribution in [2.45, 2.75) is 71.0 Å². The maximum atomic E-state index is 5.65. The number of hydrogen-bond acceptors (Lipinski definition) is 2. The summed E-state index contributed by atoms with van der Waals surface area (Å²) in [6.45, 7) is 7.94. The maximum Gasteiger partial charge on any atom is 0.163 e. The number of aromatic nitrogens is 1. The Morgan fingerprint density at radius 2 is 1.76 bits per heavy atom. The highest BCUT2D eigenvalue weighted by atomic mass is 32.1. The molecule has 1 saturated carbocycles. The third kappa shape index (κ3) is 4.61. The van der Waals surface area contributed by atoms with Gasteiger partial charge in [0.05, 0.1) is 0 Å². The minimum absolute atomic E-state index is 0.363. The molecule has 0 unspecified atom stereocenters. The van der Waals surface area contributed by atoms with E-state index >= 15 is 0 Å². The third-order valence-electron chi connectivity index (χ3n) is 7.37. The summed E-state index contributed by atoms with van der Waals surface area (Å²) in [5, 5.41) is 4.79. The molecule has 0 amide bonds. The van der Waals surface area contributed by atoms with Gasteiger partial charge in [0.25, 0.3) is 0 Å². The summed E-state index contributed by atoms with van der Waals surface area (Å²) in [5.74, 6) is 1.80. The van der Waals surface area contributed by atoms with E-state index < -0.39 is 0 Å². The van der Waals surface area contributed by atoms with Crippen LogP contribution in [0.2, 0.25) is 0 Å². The number of rotatable bonds is 5. The summed E-state index contributed by atoms with van der Waals surface area (Å²) in [5.41, 5.74) is 8.27. The third-order valence-corrected chi connectivity index (χ3v) is 7.51. The van der Waals surface area contributed by atoms with Gasteiger partial charge in [-0.2, -0.15) is 0 Å². The molecule has 0 atom stereocenters. The molecule has 4 rings (SSSR count). The topological polar surface area (TPSA) is 46.2 Å². The smallest absolute Gasteiger partial charge is 0.163 e. The lowest BCUT2D eigenvalue weighted by Gasteiger charge is -2.42. The van der Waals surface area contributed by atoms with Gasteiger partial charge >= 0.3 is 0 Å². The number of fused-ring (bicyclic) bond motifs is 1. The Balaban J connectivity index is 1.41. The summed E-state index contributed by atoms with van der Waals surface area (Å²) in [6, 6.07) is 10.1. The fraction of sp³-hybridized carbons (Fsp3) is 0.625. The van der Waals surface area contributed by atoms with E-state index in [0.29, 0.717) is 17.7 Å². The molecular formula is C24H36N4S. The van der Waals surface area contributed by atoms with E-state index in [0.717, 1.165) is 17.9 Å². The lowest BCUT2D eigenvalue weighted by atomic mass is 9.79. The lowest BCUT2D eigenvalue weighted by molar-refractivity contribution is 0.0894. The Morgan fingerprint density at radius 1 is 1.07 bits per heavy atom. The predicted molar refractivity (Wildman–Crippen MR) is 126 cm³/mol. The molecule has 2 fully saturated rings. The highest BCUT2D eigenvalue weighted by molar-refractivity contribution is 7.80. The molecule has 3 N–H and O–H groups in total. The molecule has 1 aliphatic carbocycles. The Kier molecular flexibility index (Phi) is 6.45. The molecule has 158 valence electrons. The molecule has 5 heteroatoms. The molecule has 4 nitrogen and oxygen atoms in total. The van der Waals surface area contributed by atoms with E-state index in [4.69, 9.17) is 18.0 Å². The van der Waals surface area contributed by atoms with Crippen LogP contribution in [0.25, 0.3) is 10.9 Å². The fourth-order valence-corrected chi connectivity index (χ4v) is 5.64. The van der Waals surface area contributed by atoms with Gasteiger partial charge in [0.15, 0.2) is 5.11 Å². The first-order chi connectivity index (χ1) is 14.0. The predicted octanol–water partition coefficient (Wildman–Crippen LogP) is 4.83. The SMILES string of the molecule is CC(C)[C@H]1CC[C@@H](N2CCC(n3cc(CNC(N)=S)c4ccccc43)CC2)CC1. The van der Waals surface area contributed by atoms with Gasteiger partial charge in [0.2, 0.25) is 0 Å². The van der Waals surface area contributed by atoms with Crippen molar-refractivity contribution >= 4 is 28.2 Å². The first-order valence-electron chi connectivity index (χ1n) is 11.4. The molecule has 2 heterocycles. The van der Waals surface area contributed by atoms with E-state index in [2.05, 4.69) is 59.1 Å². The van der Waals surface area contributed by atoms with Crippen LogP contribution >= 0.6 is 12.2 Å². The summed E-state index contributed by atoms with van der Waals surface area (Å²) < 4.78 is 2.51. The molecule has 2 aliphatic rings. The molecule has 1 aromatic heterocycles. The fourth-order valence-electron chi connectivity index (χ4n) is 5.57. The summed E-state index contributed by atoms with van der Waals surface area (Å²) in [4.78, 5) is 2.79. The second-order valence-electron chi connectivity index (χ2n) is 9.38. The van der Waals surface area contributed by atoms with Crippen LogP contribution in [0.3, 0.4) is 0 Å². The monoisotopic (exact) mass is 412 g/mol. The van der Waals surface area contributed by atoms with Crippen LogP contribution < -0.4 is 11.1 Å². The van der Waals surface area contributed by atoms with Gasteiger partial charge in [-0.25, -0.2) is 0 Å². The van der Waals surface area contributed by atoms with E-state index in [1.54, 1.807) is 0 Å². The molecule has 1 saturated heterocycles.